The van der Waals surface area contributed by atoms with Gasteiger partial charge in [0.25, 0.3) is 0 Å². The van der Waals surface area contributed by atoms with Crippen LogP contribution in [0, 0.1) is 11.3 Å². The molecular weight excluding hydrogens is 190 g/mol. The van der Waals surface area contributed by atoms with E-state index >= 15 is 0 Å². The lowest BCUT2D eigenvalue weighted by molar-refractivity contribution is -0.137. The Labute approximate surface area is 92.4 Å². The van der Waals surface area contributed by atoms with Gasteiger partial charge in [-0.1, -0.05) is 13.8 Å². The van der Waals surface area contributed by atoms with Gasteiger partial charge in [-0.15, -0.1) is 0 Å². The smallest absolute Gasteiger partial charge is 0.145 e. The van der Waals surface area contributed by atoms with Crippen LogP contribution < -0.4 is 5.73 Å². The second-order valence-corrected chi connectivity index (χ2v) is 4.47. The maximum atomic E-state index is 12.4. The largest absolute Gasteiger partial charge is 0.381 e. The molecule has 0 saturated carbocycles. The Morgan fingerprint density at radius 2 is 2.13 bits per heavy atom. The van der Waals surface area contributed by atoms with Gasteiger partial charge >= 0.3 is 0 Å². The first-order valence-corrected chi connectivity index (χ1v) is 6.02. The Morgan fingerprint density at radius 1 is 1.47 bits per heavy atom. The zero-order valence-electron chi connectivity index (χ0n) is 9.92. The predicted molar refractivity (Wildman–Crippen MR) is 60.6 cm³/mol. The molecule has 3 nitrogen and oxygen atoms in total. The molecule has 1 rings (SSSR count). The summed E-state index contributed by atoms with van der Waals surface area (Å²) >= 11 is 0. The highest BCUT2D eigenvalue weighted by Gasteiger charge is 2.38. The van der Waals surface area contributed by atoms with E-state index in [0.29, 0.717) is 18.9 Å². The first kappa shape index (κ1) is 12.7. The summed E-state index contributed by atoms with van der Waals surface area (Å²) in [4.78, 5) is 12.4. The van der Waals surface area contributed by atoms with Crippen molar-refractivity contribution in [2.45, 2.75) is 39.5 Å². The highest BCUT2D eigenvalue weighted by Crippen LogP contribution is 2.32. The first-order valence-electron chi connectivity index (χ1n) is 6.02. The fourth-order valence-corrected chi connectivity index (χ4v) is 2.37. The highest BCUT2D eigenvalue weighted by molar-refractivity contribution is 5.87. The summed E-state index contributed by atoms with van der Waals surface area (Å²) < 4.78 is 5.37. The zero-order chi connectivity index (χ0) is 11.3. The highest BCUT2D eigenvalue weighted by atomic mass is 16.5. The summed E-state index contributed by atoms with van der Waals surface area (Å²) in [6.45, 7) is 5.98. The minimum Gasteiger partial charge on any atom is -0.381 e. The fraction of sp³-hybridized carbons (Fsp3) is 0.917. The third-order valence-corrected chi connectivity index (χ3v) is 3.80. The van der Waals surface area contributed by atoms with Crippen LogP contribution in [-0.2, 0) is 9.53 Å². The van der Waals surface area contributed by atoms with E-state index in [0.717, 1.165) is 32.3 Å². The average molecular weight is 213 g/mol. The molecule has 3 heteroatoms. The molecule has 1 unspecified atom stereocenters. The molecule has 0 aromatic rings. The van der Waals surface area contributed by atoms with Crippen molar-refractivity contribution in [3.05, 3.63) is 0 Å². The van der Waals surface area contributed by atoms with Crippen LogP contribution in [0.5, 0.6) is 0 Å². The molecular formula is C12H23NO2. The molecule has 2 N–H and O–H groups in total. The summed E-state index contributed by atoms with van der Waals surface area (Å²) in [6.07, 6.45) is 3.66. The van der Waals surface area contributed by atoms with Gasteiger partial charge in [0.1, 0.15) is 5.78 Å². The molecule has 15 heavy (non-hydrogen) atoms. The quantitative estimate of drug-likeness (QED) is 0.757. The van der Waals surface area contributed by atoms with E-state index in [1.807, 2.05) is 0 Å². The number of hydrogen-bond donors (Lipinski definition) is 1. The van der Waals surface area contributed by atoms with E-state index < -0.39 is 0 Å². The van der Waals surface area contributed by atoms with Gasteiger partial charge in [-0.2, -0.15) is 0 Å². The normalized spacial score (nSPS) is 22.7. The van der Waals surface area contributed by atoms with Crippen molar-refractivity contribution in [1.82, 2.24) is 0 Å². The Morgan fingerprint density at radius 3 is 2.53 bits per heavy atom. The summed E-state index contributed by atoms with van der Waals surface area (Å²) in [5.74, 6) is 0.414. The maximum Gasteiger partial charge on any atom is 0.145 e. The molecule has 0 radical (unpaired) electrons. The first-order chi connectivity index (χ1) is 7.20. The Bertz CT molecular complexity index is 197. The van der Waals surface area contributed by atoms with E-state index in [2.05, 4.69) is 13.8 Å². The number of rotatable bonds is 5. The number of Topliss-reactive ketones (excluding diaryl/α,β-unsaturated/α-hetero) is 1. The lowest BCUT2D eigenvalue weighted by Crippen LogP contribution is -2.43. The van der Waals surface area contributed by atoms with Gasteiger partial charge in [-0.3, -0.25) is 4.79 Å². The molecule has 0 amide bonds. The van der Waals surface area contributed by atoms with Crippen LogP contribution in [0.4, 0.5) is 0 Å². The summed E-state index contributed by atoms with van der Waals surface area (Å²) in [5.41, 5.74) is 5.47. The van der Waals surface area contributed by atoms with Crippen molar-refractivity contribution in [1.29, 1.82) is 0 Å². The molecule has 0 aromatic carbocycles. The van der Waals surface area contributed by atoms with Crippen molar-refractivity contribution in [3.8, 4) is 0 Å². The molecule has 1 heterocycles. The van der Waals surface area contributed by atoms with Gasteiger partial charge in [-0.05, 0) is 25.7 Å². The third-order valence-electron chi connectivity index (χ3n) is 3.80. The Hall–Kier alpha value is -0.410. The van der Waals surface area contributed by atoms with Crippen LogP contribution in [0.15, 0.2) is 0 Å². The van der Waals surface area contributed by atoms with Gasteiger partial charge in [0, 0.05) is 24.5 Å². The lowest BCUT2D eigenvalue weighted by Gasteiger charge is -2.33. The summed E-state index contributed by atoms with van der Waals surface area (Å²) in [5, 5.41) is 0. The number of ketones is 1. The van der Waals surface area contributed by atoms with Gasteiger partial charge in [0.2, 0.25) is 0 Å². The van der Waals surface area contributed by atoms with E-state index in [9.17, 15) is 4.79 Å². The van der Waals surface area contributed by atoms with E-state index in [4.69, 9.17) is 10.5 Å². The fourth-order valence-electron chi connectivity index (χ4n) is 2.37. The van der Waals surface area contributed by atoms with Crippen molar-refractivity contribution in [3.63, 3.8) is 0 Å². The number of ether oxygens (including phenoxy) is 1. The van der Waals surface area contributed by atoms with Gasteiger partial charge in [0.15, 0.2) is 0 Å². The van der Waals surface area contributed by atoms with Gasteiger partial charge in [0.05, 0.1) is 6.61 Å². The van der Waals surface area contributed by atoms with Crippen LogP contribution in [-0.4, -0.2) is 25.5 Å². The number of hydrogen-bond acceptors (Lipinski definition) is 3. The van der Waals surface area contributed by atoms with Crippen molar-refractivity contribution < 1.29 is 9.53 Å². The standard InChI is InChI=1S/C12H23NO2/c1-3-12(4-2,9-13)11(14)10-6-5-7-15-8-10/h10H,3-9,13H2,1-2H3. The maximum absolute atomic E-state index is 12.4. The molecule has 1 fully saturated rings. The number of nitrogens with two attached hydrogens (primary N) is 1. The third kappa shape index (κ3) is 2.58. The summed E-state index contributed by atoms with van der Waals surface area (Å²) in [6, 6.07) is 0. The molecule has 0 aromatic heterocycles. The van der Waals surface area contributed by atoms with Crippen LogP contribution in [0.25, 0.3) is 0 Å². The van der Waals surface area contributed by atoms with Crippen LogP contribution >= 0.6 is 0 Å². The van der Waals surface area contributed by atoms with Crippen LogP contribution in [0.1, 0.15) is 39.5 Å². The van der Waals surface area contributed by atoms with E-state index in [1.54, 1.807) is 0 Å². The topological polar surface area (TPSA) is 52.3 Å². The SMILES string of the molecule is CCC(CC)(CN)C(=O)C1CCCOC1. The van der Waals surface area contributed by atoms with Gasteiger partial charge in [-0.25, -0.2) is 0 Å². The minimum atomic E-state index is -0.300. The van der Waals surface area contributed by atoms with Gasteiger partial charge < -0.3 is 10.5 Å². The lowest BCUT2D eigenvalue weighted by atomic mass is 9.72. The van der Waals surface area contributed by atoms with Crippen molar-refractivity contribution >= 4 is 5.78 Å². The van der Waals surface area contributed by atoms with Crippen LogP contribution in [0.2, 0.25) is 0 Å². The molecule has 0 bridgehead atoms. The monoisotopic (exact) mass is 213 g/mol. The van der Waals surface area contributed by atoms with Crippen molar-refractivity contribution in [2.75, 3.05) is 19.8 Å². The zero-order valence-corrected chi connectivity index (χ0v) is 9.92. The molecule has 1 atom stereocenters. The minimum absolute atomic E-state index is 0.0854. The second-order valence-electron chi connectivity index (χ2n) is 4.47. The molecule has 0 aliphatic carbocycles. The second kappa shape index (κ2) is 5.61. The molecule has 1 saturated heterocycles. The van der Waals surface area contributed by atoms with E-state index in [-0.39, 0.29) is 11.3 Å². The van der Waals surface area contributed by atoms with Crippen molar-refractivity contribution in [2.24, 2.45) is 17.1 Å². The Balaban J connectivity index is 2.70. The Kier molecular flexibility index (Phi) is 4.74. The number of carbonyl (C=O) groups is 1. The number of carbonyl (C=O) groups excluding carboxylic acids is 1. The molecule has 88 valence electrons. The molecule has 0 spiro atoms. The predicted octanol–water partition coefficient (Wildman–Crippen LogP) is 1.75. The van der Waals surface area contributed by atoms with E-state index in [1.165, 1.54) is 0 Å². The summed E-state index contributed by atoms with van der Waals surface area (Å²) in [7, 11) is 0. The molecule has 1 aliphatic heterocycles. The molecule has 1 aliphatic rings. The average Bonchev–Trinajstić information content (AvgIpc) is 2.33. The van der Waals surface area contributed by atoms with Crippen LogP contribution in [0.3, 0.4) is 0 Å².